The number of hydrogen-bond donors (Lipinski definition) is 0. The maximum atomic E-state index is 12.0. The third-order valence-electron chi connectivity index (χ3n) is 3.75. The van der Waals surface area contributed by atoms with E-state index in [1.807, 2.05) is 0 Å². The molecule has 0 saturated carbocycles. The van der Waals surface area contributed by atoms with E-state index in [4.69, 9.17) is 9.16 Å². The first kappa shape index (κ1) is 16.0. The van der Waals surface area contributed by atoms with Gasteiger partial charge < -0.3 is 9.16 Å². The minimum atomic E-state index is -1.98. The fourth-order valence-corrected chi connectivity index (χ4v) is 2.55. The van der Waals surface area contributed by atoms with Crippen molar-refractivity contribution in [3.8, 4) is 11.8 Å². The molecule has 0 bridgehead atoms. The molecule has 1 aliphatic carbocycles. The average molecular weight is 280 g/mol. The first-order chi connectivity index (χ1) is 8.69. The molecule has 0 spiro atoms. The van der Waals surface area contributed by atoms with Crippen molar-refractivity contribution in [2.24, 2.45) is 0 Å². The Hall–Kier alpha value is -1.05. The zero-order valence-corrected chi connectivity index (χ0v) is 13.8. The van der Waals surface area contributed by atoms with Crippen molar-refractivity contribution < 1.29 is 14.0 Å². The first-order valence-corrected chi connectivity index (χ1v) is 9.53. The van der Waals surface area contributed by atoms with Crippen molar-refractivity contribution in [3.05, 3.63) is 11.3 Å². The van der Waals surface area contributed by atoms with E-state index in [0.717, 1.165) is 5.57 Å². The number of Topliss-reactive ketones (excluding diaryl/α,β-unsaturated/α-hetero) is 1. The smallest absolute Gasteiger partial charge is 0.250 e. The van der Waals surface area contributed by atoms with Crippen molar-refractivity contribution >= 4 is 14.1 Å². The lowest BCUT2D eigenvalue weighted by Crippen LogP contribution is -2.41. The SMILES string of the molecule is COCC#CC1=C(O[Si](C)(C)C(C)(C)C)C(=O)CC1. The lowest BCUT2D eigenvalue weighted by Gasteiger charge is -2.36. The summed E-state index contributed by atoms with van der Waals surface area (Å²) < 4.78 is 11.1. The van der Waals surface area contributed by atoms with Crippen molar-refractivity contribution in [2.45, 2.75) is 51.7 Å². The van der Waals surface area contributed by atoms with E-state index in [2.05, 4.69) is 45.7 Å². The molecule has 0 N–H and O–H groups in total. The summed E-state index contributed by atoms with van der Waals surface area (Å²) in [6.45, 7) is 11.2. The minimum Gasteiger partial charge on any atom is -0.541 e. The number of carbonyl (C=O) groups excluding carboxylic acids is 1. The highest BCUT2D eigenvalue weighted by Crippen LogP contribution is 2.39. The standard InChI is InChI=1S/C15H24O3Si/c1-15(2,3)19(5,6)18-14-12(8-7-11-17-4)9-10-13(14)16/h9-11H2,1-6H3. The van der Waals surface area contributed by atoms with Gasteiger partial charge in [0, 0.05) is 19.1 Å². The van der Waals surface area contributed by atoms with Gasteiger partial charge in [0.15, 0.2) is 11.5 Å². The van der Waals surface area contributed by atoms with Crippen molar-refractivity contribution in [1.29, 1.82) is 0 Å². The Labute approximate surface area is 117 Å². The maximum absolute atomic E-state index is 12.0. The fraction of sp³-hybridized carbons (Fsp3) is 0.667. The molecule has 0 aromatic carbocycles. The minimum absolute atomic E-state index is 0.0773. The van der Waals surface area contributed by atoms with E-state index in [1.165, 1.54) is 0 Å². The van der Waals surface area contributed by atoms with Crippen LogP contribution in [0.1, 0.15) is 33.6 Å². The summed E-state index contributed by atoms with van der Waals surface area (Å²) in [4.78, 5) is 12.0. The number of allylic oxidation sites excluding steroid dienone is 2. The summed E-state index contributed by atoms with van der Waals surface area (Å²) in [5.74, 6) is 6.52. The summed E-state index contributed by atoms with van der Waals surface area (Å²) in [6, 6.07) is 0. The molecule has 0 atom stereocenters. The van der Waals surface area contributed by atoms with Crippen LogP contribution >= 0.6 is 0 Å². The predicted octanol–water partition coefficient (Wildman–Crippen LogP) is 3.28. The van der Waals surface area contributed by atoms with E-state index in [1.54, 1.807) is 7.11 Å². The number of rotatable bonds is 3. The number of ether oxygens (including phenoxy) is 1. The van der Waals surface area contributed by atoms with Gasteiger partial charge in [-0.1, -0.05) is 32.6 Å². The molecule has 0 radical (unpaired) electrons. The molecule has 0 heterocycles. The van der Waals surface area contributed by atoms with E-state index in [0.29, 0.717) is 25.2 Å². The zero-order chi connectivity index (χ0) is 14.7. The van der Waals surface area contributed by atoms with Gasteiger partial charge in [0.2, 0.25) is 0 Å². The van der Waals surface area contributed by atoms with Crippen LogP contribution in [0.5, 0.6) is 0 Å². The maximum Gasteiger partial charge on any atom is 0.250 e. The molecule has 0 aliphatic heterocycles. The van der Waals surface area contributed by atoms with Crippen LogP contribution in [0.15, 0.2) is 11.3 Å². The second-order valence-electron chi connectivity index (χ2n) is 6.33. The van der Waals surface area contributed by atoms with E-state index in [9.17, 15) is 4.79 Å². The molecule has 0 unspecified atom stereocenters. The topological polar surface area (TPSA) is 35.5 Å². The Bertz CT molecular complexity index is 444. The summed E-state index contributed by atoms with van der Waals surface area (Å²) >= 11 is 0. The average Bonchev–Trinajstić information content (AvgIpc) is 2.60. The van der Waals surface area contributed by atoms with Crippen molar-refractivity contribution in [2.75, 3.05) is 13.7 Å². The van der Waals surface area contributed by atoms with Gasteiger partial charge in [0.1, 0.15) is 6.61 Å². The number of carbonyl (C=O) groups is 1. The normalized spacial score (nSPS) is 16.4. The van der Waals surface area contributed by atoms with Gasteiger partial charge in [-0.2, -0.15) is 0 Å². The molecule has 3 nitrogen and oxygen atoms in total. The van der Waals surface area contributed by atoms with Crippen LogP contribution in [0.3, 0.4) is 0 Å². The van der Waals surface area contributed by atoms with Gasteiger partial charge in [-0.15, -0.1) is 0 Å². The summed E-state index contributed by atoms with van der Waals surface area (Å²) in [5.41, 5.74) is 0.840. The molecule has 0 saturated heterocycles. The molecule has 0 fully saturated rings. The van der Waals surface area contributed by atoms with Crippen LogP contribution in [0.4, 0.5) is 0 Å². The van der Waals surface area contributed by atoms with Crippen LogP contribution in [-0.4, -0.2) is 27.8 Å². The van der Waals surface area contributed by atoms with Gasteiger partial charge in [-0.25, -0.2) is 0 Å². The molecule has 1 rings (SSSR count). The summed E-state index contributed by atoms with van der Waals surface area (Å²) in [5, 5.41) is 0.0773. The summed E-state index contributed by atoms with van der Waals surface area (Å²) in [7, 11) is -0.372. The second-order valence-corrected chi connectivity index (χ2v) is 11.1. The third-order valence-corrected chi connectivity index (χ3v) is 8.08. The Balaban J connectivity index is 2.98. The molecule has 1 aliphatic rings. The van der Waals surface area contributed by atoms with Gasteiger partial charge in [0.05, 0.1) is 0 Å². The Morgan fingerprint density at radius 2 is 1.89 bits per heavy atom. The number of hydrogen-bond acceptors (Lipinski definition) is 3. The highest BCUT2D eigenvalue weighted by Gasteiger charge is 2.41. The zero-order valence-electron chi connectivity index (χ0n) is 12.8. The van der Waals surface area contributed by atoms with Gasteiger partial charge in [0.25, 0.3) is 8.32 Å². The van der Waals surface area contributed by atoms with Gasteiger partial charge >= 0.3 is 0 Å². The van der Waals surface area contributed by atoms with Crippen LogP contribution in [0, 0.1) is 11.8 Å². The van der Waals surface area contributed by atoms with E-state index >= 15 is 0 Å². The quantitative estimate of drug-likeness (QED) is 0.588. The fourth-order valence-electron chi connectivity index (χ4n) is 1.49. The molecule has 0 aromatic heterocycles. The molecule has 19 heavy (non-hydrogen) atoms. The van der Waals surface area contributed by atoms with E-state index < -0.39 is 8.32 Å². The van der Waals surface area contributed by atoms with Crippen molar-refractivity contribution in [3.63, 3.8) is 0 Å². The lowest BCUT2D eigenvalue weighted by molar-refractivity contribution is -0.116. The largest absolute Gasteiger partial charge is 0.541 e. The highest BCUT2D eigenvalue weighted by atomic mass is 28.4. The van der Waals surface area contributed by atoms with Crippen LogP contribution in [0.25, 0.3) is 0 Å². The van der Waals surface area contributed by atoms with Crippen LogP contribution in [-0.2, 0) is 14.0 Å². The highest BCUT2D eigenvalue weighted by molar-refractivity contribution is 6.74. The number of methoxy groups -OCH3 is 1. The van der Waals surface area contributed by atoms with Gasteiger partial charge in [-0.3, -0.25) is 4.79 Å². The van der Waals surface area contributed by atoms with Crippen LogP contribution < -0.4 is 0 Å². The third kappa shape index (κ3) is 3.95. The Kier molecular flexibility index (Phi) is 5.00. The molecular formula is C15H24O3Si. The lowest BCUT2D eigenvalue weighted by atomic mass is 10.2. The Morgan fingerprint density at radius 3 is 2.42 bits per heavy atom. The molecule has 0 aromatic rings. The second kappa shape index (κ2) is 5.94. The molecule has 0 amide bonds. The first-order valence-electron chi connectivity index (χ1n) is 6.62. The van der Waals surface area contributed by atoms with Gasteiger partial charge in [-0.05, 0) is 24.6 Å². The summed E-state index contributed by atoms with van der Waals surface area (Å²) in [6.07, 6.45) is 1.21. The monoisotopic (exact) mass is 280 g/mol. The molecule has 106 valence electrons. The Morgan fingerprint density at radius 1 is 1.26 bits per heavy atom. The predicted molar refractivity (Wildman–Crippen MR) is 79.2 cm³/mol. The van der Waals surface area contributed by atoms with Crippen LogP contribution in [0.2, 0.25) is 18.1 Å². The molecular weight excluding hydrogens is 256 g/mol. The van der Waals surface area contributed by atoms with Crippen molar-refractivity contribution in [1.82, 2.24) is 0 Å². The number of ketones is 1. The molecule has 4 heteroatoms. The van der Waals surface area contributed by atoms with E-state index in [-0.39, 0.29) is 10.8 Å².